The summed E-state index contributed by atoms with van der Waals surface area (Å²) in [5.74, 6) is 1.62. The Bertz CT molecular complexity index is 745. The van der Waals surface area contributed by atoms with E-state index in [1.165, 1.54) is 46.9 Å². The van der Waals surface area contributed by atoms with Crippen molar-refractivity contribution in [1.82, 2.24) is 20.5 Å². The lowest BCUT2D eigenvalue weighted by Crippen LogP contribution is -2.43. The fourth-order valence-corrected chi connectivity index (χ4v) is 4.35. The number of guanidine groups is 1. The van der Waals surface area contributed by atoms with Gasteiger partial charge < -0.3 is 10.6 Å². The number of rotatable bonds is 7. The Morgan fingerprint density at radius 3 is 2.57 bits per heavy atom. The van der Waals surface area contributed by atoms with Gasteiger partial charge in [0.15, 0.2) is 5.96 Å². The van der Waals surface area contributed by atoms with Crippen LogP contribution in [0.2, 0.25) is 0 Å². The van der Waals surface area contributed by atoms with Crippen LogP contribution in [-0.2, 0) is 13.0 Å². The van der Waals surface area contributed by atoms with Crippen LogP contribution in [0.5, 0.6) is 0 Å². The number of likely N-dealkylation sites (tertiary alicyclic amines) is 1. The predicted molar refractivity (Wildman–Crippen MR) is 119 cm³/mol. The molecule has 1 aromatic heterocycles. The molecule has 0 aliphatic carbocycles. The lowest BCUT2D eigenvalue weighted by Gasteiger charge is -2.32. The molecule has 1 aliphatic rings. The van der Waals surface area contributed by atoms with Crippen LogP contribution < -0.4 is 10.6 Å². The van der Waals surface area contributed by atoms with Crippen LogP contribution in [0.4, 0.5) is 0 Å². The summed E-state index contributed by atoms with van der Waals surface area (Å²) >= 11 is 1.77. The number of aliphatic imine (C=N–C) groups is 1. The fraction of sp³-hybridized carbons (Fsp3) is 0.545. The minimum atomic E-state index is 0.717. The van der Waals surface area contributed by atoms with E-state index in [9.17, 15) is 0 Å². The highest BCUT2D eigenvalue weighted by atomic mass is 32.1. The topological polar surface area (TPSA) is 52.6 Å². The van der Waals surface area contributed by atoms with Crippen LogP contribution in [0.1, 0.15) is 33.9 Å². The molecule has 2 N–H and O–H groups in total. The van der Waals surface area contributed by atoms with Gasteiger partial charge in [-0.15, -0.1) is 11.3 Å². The van der Waals surface area contributed by atoms with Crippen molar-refractivity contribution in [2.45, 2.75) is 39.7 Å². The summed E-state index contributed by atoms with van der Waals surface area (Å²) in [4.78, 5) is 12.6. The Morgan fingerprint density at radius 1 is 1.18 bits per heavy atom. The zero-order chi connectivity index (χ0) is 19.8. The van der Waals surface area contributed by atoms with Crippen molar-refractivity contribution < 1.29 is 0 Å². The standard InChI is InChI=1S/C22H33N5S/c1-17-4-6-20(7-5-17)16-27-12-9-19(10-13-27)15-26-22(23-3)24-11-8-21-25-14-18(2)28-21/h4-7,14,19H,8-13,15-16H2,1-3H3,(H2,23,24,26). The molecule has 0 radical (unpaired) electrons. The van der Waals surface area contributed by atoms with Crippen LogP contribution in [-0.4, -0.2) is 49.1 Å². The highest BCUT2D eigenvalue weighted by Gasteiger charge is 2.19. The number of piperidine rings is 1. The van der Waals surface area contributed by atoms with Crippen molar-refractivity contribution in [2.75, 3.05) is 33.2 Å². The molecule has 0 unspecified atom stereocenters. The first-order chi connectivity index (χ1) is 13.6. The lowest BCUT2D eigenvalue weighted by molar-refractivity contribution is 0.178. The molecular weight excluding hydrogens is 366 g/mol. The molecule has 28 heavy (non-hydrogen) atoms. The summed E-state index contributed by atoms with van der Waals surface area (Å²) in [6.45, 7) is 9.52. The summed E-state index contributed by atoms with van der Waals surface area (Å²) in [5.41, 5.74) is 2.75. The van der Waals surface area contributed by atoms with Crippen LogP contribution in [0.15, 0.2) is 35.5 Å². The van der Waals surface area contributed by atoms with Crippen LogP contribution in [0.25, 0.3) is 0 Å². The minimum absolute atomic E-state index is 0.717. The third kappa shape index (κ3) is 6.60. The van der Waals surface area contributed by atoms with E-state index in [1.807, 2.05) is 13.2 Å². The van der Waals surface area contributed by atoms with E-state index >= 15 is 0 Å². The van der Waals surface area contributed by atoms with Crippen LogP contribution in [0, 0.1) is 19.8 Å². The smallest absolute Gasteiger partial charge is 0.190 e. The maximum atomic E-state index is 4.41. The molecule has 2 heterocycles. The second-order valence-corrected chi connectivity index (χ2v) is 9.02. The Hall–Kier alpha value is -1.92. The van der Waals surface area contributed by atoms with Crippen LogP contribution in [0.3, 0.4) is 0 Å². The molecule has 0 bridgehead atoms. The second-order valence-electron chi connectivity index (χ2n) is 7.70. The van der Waals surface area contributed by atoms with E-state index in [-0.39, 0.29) is 0 Å². The molecule has 0 atom stereocenters. The van der Waals surface area contributed by atoms with Crippen molar-refractivity contribution >= 4 is 17.3 Å². The van der Waals surface area contributed by atoms with Gasteiger partial charge in [-0.1, -0.05) is 29.8 Å². The molecule has 5 nitrogen and oxygen atoms in total. The van der Waals surface area contributed by atoms with Crippen molar-refractivity contribution in [3.05, 3.63) is 51.5 Å². The first kappa shape index (κ1) is 20.8. The Balaban J connectivity index is 1.32. The molecule has 0 saturated carbocycles. The third-order valence-corrected chi connectivity index (χ3v) is 6.29. The molecule has 1 saturated heterocycles. The first-order valence-electron chi connectivity index (χ1n) is 10.3. The number of benzene rings is 1. The van der Waals surface area contributed by atoms with Gasteiger partial charge in [0, 0.05) is 44.2 Å². The Morgan fingerprint density at radius 2 is 1.93 bits per heavy atom. The summed E-state index contributed by atoms with van der Waals surface area (Å²) < 4.78 is 0. The molecular formula is C22H33N5S. The van der Waals surface area contributed by atoms with Gasteiger partial charge in [0.2, 0.25) is 0 Å². The van der Waals surface area contributed by atoms with Crippen LogP contribution >= 0.6 is 11.3 Å². The minimum Gasteiger partial charge on any atom is -0.356 e. The molecule has 1 aliphatic heterocycles. The highest BCUT2D eigenvalue weighted by molar-refractivity contribution is 7.11. The fourth-order valence-electron chi connectivity index (χ4n) is 3.57. The summed E-state index contributed by atoms with van der Waals surface area (Å²) in [6.07, 6.45) is 5.37. The SMILES string of the molecule is CN=C(NCCc1ncc(C)s1)NCC1CCN(Cc2ccc(C)cc2)CC1. The van der Waals surface area contributed by atoms with Gasteiger partial charge in [-0.05, 0) is 51.3 Å². The van der Waals surface area contributed by atoms with Crippen molar-refractivity contribution in [3.63, 3.8) is 0 Å². The van der Waals surface area contributed by atoms with Crippen molar-refractivity contribution in [3.8, 4) is 0 Å². The molecule has 3 rings (SSSR count). The highest BCUT2D eigenvalue weighted by Crippen LogP contribution is 2.18. The number of nitrogens with one attached hydrogen (secondary N) is 2. The van der Waals surface area contributed by atoms with Gasteiger partial charge in [-0.25, -0.2) is 4.98 Å². The largest absolute Gasteiger partial charge is 0.356 e. The summed E-state index contributed by atoms with van der Waals surface area (Å²) in [7, 11) is 1.84. The van der Waals surface area contributed by atoms with Gasteiger partial charge in [-0.3, -0.25) is 9.89 Å². The van der Waals surface area contributed by atoms with Crippen molar-refractivity contribution in [1.29, 1.82) is 0 Å². The number of hydrogen-bond acceptors (Lipinski definition) is 4. The summed E-state index contributed by atoms with van der Waals surface area (Å²) in [5, 5.41) is 8.09. The normalized spacial score (nSPS) is 16.3. The van der Waals surface area contributed by atoms with E-state index in [2.05, 4.69) is 63.6 Å². The monoisotopic (exact) mass is 399 g/mol. The Labute approximate surface area is 173 Å². The number of hydrogen-bond donors (Lipinski definition) is 2. The summed E-state index contributed by atoms with van der Waals surface area (Å²) in [6, 6.07) is 8.93. The number of nitrogens with zero attached hydrogens (tertiary/aromatic N) is 3. The molecule has 1 aromatic carbocycles. The first-order valence-corrected chi connectivity index (χ1v) is 11.1. The average Bonchev–Trinajstić information content (AvgIpc) is 3.12. The van der Waals surface area contributed by atoms with Gasteiger partial charge in [0.25, 0.3) is 0 Å². The number of aryl methyl sites for hydroxylation is 2. The number of aromatic nitrogens is 1. The maximum Gasteiger partial charge on any atom is 0.190 e. The molecule has 152 valence electrons. The van der Waals surface area contributed by atoms with E-state index < -0.39 is 0 Å². The molecule has 0 amide bonds. The van der Waals surface area contributed by atoms with Gasteiger partial charge >= 0.3 is 0 Å². The van der Waals surface area contributed by atoms with Crippen molar-refractivity contribution in [2.24, 2.45) is 10.9 Å². The molecule has 6 heteroatoms. The van der Waals surface area contributed by atoms with Gasteiger partial charge in [0.1, 0.15) is 0 Å². The molecule has 1 fully saturated rings. The Kier molecular flexibility index (Phi) is 7.86. The predicted octanol–water partition coefficient (Wildman–Crippen LogP) is 3.38. The van der Waals surface area contributed by atoms with E-state index in [0.29, 0.717) is 0 Å². The van der Waals surface area contributed by atoms with Gasteiger partial charge in [-0.2, -0.15) is 0 Å². The quantitative estimate of drug-likeness (QED) is 0.554. The lowest BCUT2D eigenvalue weighted by atomic mass is 9.96. The van der Waals surface area contributed by atoms with Gasteiger partial charge in [0.05, 0.1) is 5.01 Å². The number of thiazole rings is 1. The van der Waals surface area contributed by atoms with E-state index in [0.717, 1.165) is 37.9 Å². The average molecular weight is 400 g/mol. The maximum absolute atomic E-state index is 4.41. The third-order valence-electron chi connectivity index (χ3n) is 5.32. The molecule has 2 aromatic rings. The van der Waals surface area contributed by atoms with E-state index in [4.69, 9.17) is 0 Å². The second kappa shape index (κ2) is 10.6. The molecule has 0 spiro atoms. The zero-order valence-electron chi connectivity index (χ0n) is 17.4. The zero-order valence-corrected chi connectivity index (χ0v) is 18.2. The van der Waals surface area contributed by atoms with E-state index in [1.54, 1.807) is 11.3 Å².